The number of aryl methyl sites for hydroxylation is 1. The minimum Gasteiger partial charge on any atom is -0.325 e. The van der Waals surface area contributed by atoms with Crippen molar-refractivity contribution >= 4 is 34.7 Å². The number of para-hydroxylation sites is 1. The van der Waals surface area contributed by atoms with Crippen LogP contribution < -0.4 is 5.32 Å². The summed E-state index contributed by atoms with van der Waals surface area (Å²) in [5.41, 5.74) is 1.89. The normalized spacial score (nSPS) is 11.0. The first kappa shape index (κ1) is 17.7. The Bertz CT molecular complexity index is 856. The summed E-state index contributed by atoms with van der Waals surface area (Å²) >= 11 is 3.05. The van der Waals surface area contributed by atoms with Crippen molar-refractivity contribution in [3.63, 3.8) is 0 Å². The van der Waals surface area contributed by atoms with E-state index in [-0.39, 0.29) is 11.9 Å². The highest BCUT2D eigenvalue weighted by atomic mass is 32.2. The van der Waals surface area contributed by atoms with Crippen molar-refractivity contribution < 1.29 is 4.79 Å². The molecule has 0 aliphatic rings. The van der Waals surface area contributed by atoms with E-state index in [9.17, 15) is 4.79 Å². The number of carbonyl (C=O) groups is 1. The molecule has 0 radical (unpaired) electrons. The molecule has 0 unspecified atom stereocenters. The highest BCUT2D eigenvalue weighted by Gasteiger charge is 2.18. The van der Waals surface area contributed by atoms with Crippen molar-refractivity contribution in [2.24, 2.45) is 0 Å². The van der Waals surface area contributed by atoms with Gasteiger partial charge in [-0.25, -0.2) is 0 Å². The number of nitrogens with one attached hydrogen (secondary N) is 1. The van der Waals surface area contributed by atoms with Gasteiger partial charge < -0.3 is 5.32 Å². The molecule has 0 fully saturated rings. The number of benzene rings is 1. The molecule has 0 atom stereocenters. The Kier molecular flexibility index (Phi) is 5.55. The van der Waals surface area contributed by atoms with Crippen LogP contribution in [0.4, 0.5) is 5.69 Å². The zero-order chi connectivity index (χ0) is 17.8. The van der Waals surface area contributed by atoms with Crippen molar-refractivity contribution in [3.8, 4) is 10.7 Å². The number of hydrogen-bond acceptors (Lipinski definition) is 5. The molecular formula is C18H20N4OS2. The first-order chi connectivity index (χ1) is 12.1. The van der Waals surface area contributed by atoms with Gasteiger partial charge >= 0.3 is 0 Å². The highest BCUT2D eigenvalue weighted by molar-refractivity contribution is 7.99. The molecular weight excluding hydrogens is 352 g/mol. The van der Waals surface area contributed by atoms with Gasteiger partial charge in [0.25, 0.3) is 0 Å². The Morgan fingerprint density at radius 1 is 1.24 bits per heavy atom. The van der Waals surface area contributed by atoms with Gasteiger partial charge in [-0.05, 0) is 43.8 Å². The van der Waals surface area contributed by atoms with Crippen molar-refractivity contribution in [1.82, 2.24) is 14.8 Å². The van der Waals surface area contributed by atoms with Gasteiger partial charge in [0.15, 0.2) is 11.0 Å². The van der Waals surface area contributed by atoms with E-state index >= 15 is 0 Å². The molecule has 7 heteroatoms. The van der Waals surface area contributed by atoms with E-state index in [1.165, 1.54) is 11.8 Å². The van der Waals surface area contributed by atoms with Gasteiger partial charge in [-0.1, -0.05) is 36.0 Å². The van der Waals surface area contributed by atoms with Crippen LogP contribution in [0.15, 0.2) is 46.9 Å². The zero-order valence-electron chi connectivity index (χ0n) is 14.4. The lowest BCUT2D eigenvalue weighted by Gasteiger charge is -2.13. The third-order valence-corrected chi connectivity index (χ3v) is 5.48. The molecule has 0 saturated heterocycles. The maximum atomic E-state index is 12.3. The average molecular weight is 373 g/mol. The van der Waals surface area contributed by atoms with Gasteiger partial charge in [0.2, 0.25) is 5.91 Å². The summed E-state index contributed by atoms with van der Waals surface area (Å²) in [5.74, 6) is 1.10. The molecule has 0 aliphatic carbocycles. The predicted molar refractivity (Wildman–Crippen MR) is 104 cm³/mol. The second-order valence-corrected chi connectivity index (χ2v) is 7.79. The molecule has 130 valence electrons. The van der Waals surface area contributed by atoms with Gasteiger partial charge in [-0.3, -0.25) is 9.36 Å². The van der Waals surface area contributed by atoms with E-state index < -0.39 is 0 Å². The molecule has 2 aromatic heterocycles. The summed E-state index contributed by atoms with van der Waals surface area (Å²) in [7, 11) is 0. The van der Waals surface area contributed by atoms with Crippen LogP contribution >= 0.6 is 23.1 Å². The fraction of sp³-hybridized carbons (Fsp3) is 0.278. The van der Waals surface area contributed by atoms with Crippen LogP contribution in [0.3, 0.4) is 0 Å². The summed E-state index contributed by atoms with van der Waals surface area (Å²) in [5, 5.41) is 14.4. The third-order valence-electron chi connectivity index (χ3n) is 3.67. The van der Waals surface area contributed by atoms with Gasteiger partial charge in [0.1, 0.15) is 0 Å². The molecule has 0 bridgehead atoms. The van der Waals surface area contributed by atoms with E-state index in [1.807, 2.05) is 48.7 Å². The quantitative estimate of drug-likeness (QED) is 0.641. The van der Waals surface area contributed by atoms with Crippen molar-refractivity contribution in [2.75, 3.05) is 11.1 Å². The summed E-state index contributed by atoms with van der Waals surface area (Å²) in [4.78, 5) is 13.3. The van der Waals surface area contributed by atoms with E-state index in [0.717, 1.165) is 27.1 Å². The largest absolute Gasteiger partial charge is 0.325 e. The smallest absolute Gasteiger partial charge is 0.234 e. The van der Waals surface area contributed by atoms with Crippen molar-refractivity contribution in [3.05, 3.63) is 47.3 Å². The van der Waals surface area contributed by atoms with Crippen LogP contribution in [0, 0.1) is 6.92 Å². The molecule has 5 nitrogen and oxygen atoms in total. The molecule has 1 N–H and O–H groups in total. The van der Waals surface area contributed by atoms with Crippen LogP contribution in [-0.2, 0) is 4.79 Å². The van der Waals surface area contributed by atoms with Crippen LogP contribution in [0.1, 0.15) is 25.5 Å². The molecule has 3 rings (SSSR count). The highest BCUT2D eigenvalue weighted by Crippen LogP contribution is 2.30. The third kappa shape index (κ3) is 4.11. The monoisotopic (exact) mass is 372 g/mol. The van der Waals surface area contributed by atoms with Crippen LogP contribution in [0.25, 0.3) is 10.7 Å². The summed E-state index contributed by atoms with van der Waals surface area (Å²) < 4.78 is 2.08. The number of amides is 1. The molecule has 0 saturated carbocycles. The summed E-state index contributed by atoms with van der Waals surface area (Å²) in [6.07, 6.45) is 0. The van der Waals surface area contributed by atoms with Crippen LogP contribution in [0.5, 0.6) is 0 Å². The van der Waals surface area contributed by atoms with Crippen molar-refractivity contribution in [1.29, 1.82) is 0 Å². The minimum atomic E-state index is -0.0460. The molecule has 0 aliphatic heterocycles. The van der Waals surface area contributed by atoms with Crippen LogP contribution in [-0.4, -0.2) is 26.4 Å². The number of anilines is 1. The lowest BCUT2D eigenvalue weighted by Crippen LogP contribution is -2.15. The maximum absolute atomic E-state index is 12.3. The average Bonchev–Trinajstić information content (AvgIpc) is 3.24. The Hall–Kier alpha value is -2.12. The number of rotatable bonds is 6. The Morgan fingerprint density at radius 2 is 2.04 bits per heavy atom. The Labute approximate surface area is 155 Å². The zero-order valence-corrected chi connectivity index (χ0v) is 16.0. The maximum Gasteiger partial charge on any atom is 0.234 e. The number of carbonyl (C=O) groups excluding carboxylic acids is 1. The number of aromatic nitrogens is 3. The standard InChI is InChI=1S/C18H20N4OS2/c1-12(2)22-17(15-9-6-10-24-15)20-21-18(22)25-11-16(23)19-14-8-5-4-7-13(14)3/h4-10,12H,11H2,1-3H3,(H,19,23). The predicted octanol–water partition coefficient (Wildman–Crippen LogP) is 4.63. The van der Waals surface area contributed by atoms with Crippen LogP contribution in [0.2, 0.25) is 0 Å². The lowest BCUT2D eigenvalue weighted by molar-refractivity contribution is -0.113. The van der Waals surface area contributed by atoms with Gasteiger partial charge in [-0.15, -0.1) is 21.5 Å². The summed E-state index contributed by atoms with van der Waals surface area (Å²) in [6, 6.07) is 12.0. The van der Waals surface area contributed by atoms with Crippen molar-refractivity contribution in [2.45, 2.75) is 32.0 Å². The minimum absolute atomic E-state index is 0.0460. The van der Waals surface area contributed by atoms with E-state index in [1.54, 1.807) is 11.3 Å². The van der Waals surface area contributed by atoms with Gasteiger partial charge in [0, 0.05) is 11.7 Å². The molecule has 3 aromatic rings. The number of thiophene rings is 1. The fourth-order valence-corrected chi connectivity index (χ4v) is 4.02. The van der Waals surface area contributed by atoms with Gasteiger partial charge in [-0.2, -0.15) is 0 Å². The van der Waals surface area contributed by atoms with Gasteiger partial charge in [0.05, 0.1) is 10.6 Å². The Morgan fingerprint density at radius 3 is 2.72 bits per heavy atom. The first-order valence-corrected chi connectivity index (χ1v) is 9.90. The Balaban J connectivity index is 1.71. The molecule has 0 spiro atoms. The number of thioether (sulfide) groups is 1. The molecule has 1 amide bonds. The van der Waals surface area contributed by atoms with E-state index in [0.29, 0.717) is 5.75 Å². The number of hydrogen-bond donors (Lipinski definition) is 1. The summed E-state index contributed by atoms with van der Waals surface area (Å²) in [6.45, 7) is 6.17. The van der Waals surface area contributed by atoms with E-state index in [2.05, 4.69) is 33.9 Å². The molecule has 2 heterocycles. The second-order valence-electron chi connectivity index (χ2n) is 5.90. The SMILES string of the molecule is Cc1ccccc1NC(=O)CSc1nnc(-c2cccs2)n1C(C)C. The topological polar surface area (TPSA) is 59.8 Å². The molecule has 1 aromatic carbocycles. The first-order valence-electron chi connectivity index (χ1n) is 8.03. The molecule has 25 heavy (non-hydrogen) atoms. The fourth-order valence-electron chi connectivity index (χ4n) is 2.44. The number of nitrogens with zero attached hydrogens (tertiary/aromatic N) is 3. The second kappa shape index (κ2) is 7.84. The lowest BCUT2D eigenvalue weighted by atomic mass is 10.2. The van der Waals surface area contributed by atoms with E-state index in [4.69, 9.17) is 0 Å².